The SMILES string of the molecule is Cc1ccccc1C(=O)NNC(=O)c1cc(C(C)(C)C)nn1Cc1ccc(F)cc1. The highest BCUT2D eigenvalue weighted by Gasteiger charge is 2.23. The molecule has 0 fully saturated rings. The number of benzene rings is 2. The average Bonchev–Trinajstić information content (AvgIpc) is 3.12. The van der Waals surface area contributed by atoms with E-state index in [9.17, 15) is 14.0 Å². The molecule has 2 N–H and O–H groups in total. The zero-order chi connectivity index (χ0) is 21.9. The largest absolute Gasteiger partial charge is 0.287 e. The number of carbonyl (C=O) groups is 2. The van der Waals surface area contributed by atoms with Crippen molar-refractivity contribution >= 4 is 11.8 Å². The summed E-state index contributed by atoms with van der Waals surface area (Å²) in [6.45, 7) is 8.12. The maximum atomic E-state index is 13.2. The van der Waals surface area contributed by atoms with Gasteiger partial charge in [0.05, 0.1) is 12.2 Å². The highest BCUT2D eigenvalue weighted by molar-refractivity contribution is 5.99. The summed E-state index contributed by atoms with van der Waals surface area (Å²) < 4.78 is 14.8. The van der Waals surface area contributed by atoms with Crippen LogP contribution in [0.3, 0.4) is 0 Å². The molecule has 2 aromatic carbocycles. The van der Waals surface area contributed by atoms with E-state index in [4.69, 9.17) is 0 Å². The minimum atomic E-state index is -0.484. The molecule has 7 heteroatoms. The van der Waals surface area contributed by atoms with Crippen LogP contribution in [-0.2, 0) is 12.0 Å². The lowest BCUT2D eigenvalue weighted by molar-refractivity contribution is 0.0840. The molecule has 1 heterocycles. The van der Waals surface area contributed by atoms with Crippen LogP contribution in [0.1, 0.15) is 58.4 Å². The summed E-state index contributed by atoms with van der Waals surface area (Å²) in [5.74, 6) is -1.21. The molecule has 0 aliphatic carbocycles. The first kappa shape index (κ1) is 21.2. The normalized spacial score (nSPS) is 11.2. The van der Waals surface area contributed by atoms with Crippen LogP contribution < -0.4 is 10.9 Å². The Morgan fingerprint density at radius 3 is 2.27 bits per heavy atom. The van der Waals surface area contributed by atoms with Gasteiger partial charge >= 0.3 is 0 Å². The van der Waals surface area contributed by atoms with Crippen LogP contribution in [0.5, 0.6) is 0 Å². The van der Waals surface area contributed by atoms with Gasteiger partial charge < -0.3 is 0 Å². The van der Waals surface area contributed by atoms with Crippen molar-refractivity contribution < 1.29 is 14.0 Å². The van der Waals surface area contributed by atoms with E-state index >= 15 is 0 Å². The van der Waals surface area contributed by atoms with Crippen LogP contribution in [0.15, 0.2) is 54.6 Å². The van der Waals surface area contributed by atoms with Gasteiger partial charge in [0.25, 0.3) is 11.8 Å². The second-order valence-electron chi connectivity index (χ2n) is 8.17. The fourth-order valence-electron chi connectivity index (χ4n) is 2.92. The topological polar surface area (TPSA) is 76.0 Å². The van der Waals surface area contributed by atoms with Gasteiger partial charge in [0.1, 0.15) is 11.5 Å². The monoisotopic (exact) mass is 408 g/mol. The molecule has 0 aliphatic heterocycles. The molecule has 1 aromatic heterocycles. The van der Waals surface area contributed by atoms with Crippen molar-refractivity contribution in [3.05, 3.63) is 88.5 Å². The number of hydrazine groups is 1. The van der Waals surface area contributed by atoms with Crippen LogP contribution in [-0.4, -0.2) is 21.6 Å². The Balaban J connectivity index is 1.81. The Kier molecular flexibility index (Phi) is 6.01. The molecule has 0 radical (unpaired) electrons. The molecule has 0 saturated heterocycles. The summed E-state index contributed by atoms with van der Waals surface area (Å²) in [6.07, 6.45) is 0. The number of hydrogen-bond donors (Lipinski definition) is 2. The first-order valence-corrected chi connectivity index (χ1v) is 9.64. The molecule has 30 heavy (non-hydrogen) atoms. The Labute approximate surface area is 175 Å². The van der Waals surface area contributed by atoms with E-state index in [1.54, 1.807) is 35.0 Å². The van der Waals surface area contributed by atoms with Gasteiger partial charge in [0, 0.05) is 11.0 Å². The van der Waals surface area contributed by atoms with Gasteiger partial charge in [0.2, 0.25) is 0 Å². The zero-order valence-corrected chi connectivity index (χ0v) is 17.5. The van der Waals surface area contributed by atoms with Crippen molar-refractivity contribution in [2.75, 3.05) is 0 Å². The number of aromatic nitrogens is 2. The zero-order valence-electron chi connectivity index (χ0n) is 17.5. The summed E-state index contributed by atoms with van der Waals surface area (Å²) in [4.78, 5) is 25.2. The summed E-state index contributed by atoms with van der Waals surface area (Å²) in [5, 5.41) is 4.57. The van der Waals surface area contributed by atoms with E-state index < -0.39 is 11.8 Å². The van der Waals surface area contributed by atoms with Crippen LogP contribution in [0, 0.1) is 12.7 Å². The minimum Gasteiger partial charge on any atom is -0.267 e. The molecule has 0 aliphatic rings. The smallest absolute Gasteiger partial charge is 0.267 e. The first-order chi connectivity index (χ1) is 14.1. The maximum Gasteiger partial charge on any atom is 0.287 e. The summed E-state index contributed by atoms with van der Waals surface area (Å²) >= 11 is 0. The van der Waals surface area contributed by atoms with E-state index in [2.05, 4.69) is 16.0 Å². The van der Waals surface area contributed by atoms with Gasteiger partial charge in [-0.3, -0.25) is 25.1 Å². The lowest BCUT2D eigenvalue weighted by Gasteiger charge is -2.14. The van der Waals surface area contributed by atoms with Gasteiger partial charge in [-0.2, -0.15) is 5.10 Å². The second-order valence-corrected chi connectivity index (χ2v) is 8.17. The molecule has 0 spiro atoms. The third-order valence-corrected chi connectivity index (χ3v) is 4.71. The molecule has 0 unspecified atom stereocenters. The van der Waals surface area contributed by atoms with Gasteiger partial charge in [0.15, 0.2) is 0 Å². The van der Waals surface area contributed by atoms with E-state index in [0.717, 1.165) is 16.8 Å². The molecule has 6 nitrogen and oxygen atoms in total. The number of carbonyl (C=O) groups excluding carboxylic acids is 2. The van der Waals surface area contributed by atoms with E-state index in [-0.39, 0.29) is 11.2 Å². The van der Waals surface area contributed by atoms with Crippen LogP contribution in [0.2, 0.25) is 0 Å². The number of halogens is 1. The molecule has 3 aromatic rings. The number of hydrogen-bond acceptors (Lipinski definition) is 3. The predicted octanol–water partition coefficient (Wildman–Crippen LogP) is 3.75. The summed E-state index contributed by atoms with van der Waals surface area (Å²) in [7, 11) is 0. The van der Waals surface area contributed by atoms with Crippen LogP contribution in [0.4, 0.5) is 4.39 Å². The Bertz CT molecular complexity index is 1070. The maximum absolute atomic E-state index is 13.2. The van der Waals surface area contributed by atoms with Gasteiger partial charge in [-0.25, -0.2) is 4.39 Å². The quantitative estimate of drug-likeness (QED) is 0.646. The van der Waals surface area contributed by atoms with Gasteiger partial charge in [-0.1, -0.05) is 51.1 Å². The Morgan fingerprint density at radius 1 is 1.00 bits per heavy atom. The number of nitrogens with one attached hydrogen (secondary N) is 2. The van der Waals surface area contributed by atoms with Crippen molar-refractivity contribution in [2.45, 2.75) is 39.7 Å². The highest BCUT2D eigenvalue weighted by Crippen LogP contribution is 2.22. The molecule has 156 valence electrons. The van der Waals surface area contributed by atoms with Crippen LogP contribution in [0.25, 0.3) is 0 Å². The number of aryl methyl sites for hydroxylation is 1. The molecule has 2 amide bonds. The fourth-order valence-corrected chi connectivity index (χ4v) is 2.92. The predicted molar refractivity (Wildman–Crippen MR) is 113 cm³/mol. The van der Waals surface area contributed by atoms with Crippen molar-refractivity contribution in [3.8, 4) is 0 Å². The van der Waals surface area contributed by atoms with Crippen molar-refractivity contribution in [1.29, 1.82) is 0 Å². The molecular formula is C23H25FN4O2. The molecule has 3 rings (SSSR count). The average molecular weight is 408 g/mol. The van der Waals surface area contributed by atoms with E-state index in [0.29, 0.717) is 17.8 Å². The summed E-state index contributed by atoms with van der Waals surface area (Å²) in [6, 6.07) is 14.8. The van der Waals surface area contributed by atoms with E-state index in [1.165, 1.54) is 12.1 Å². The molecular weight excluding hydrogens is 383 g/mol. The standard InChI is InChI=1S/C23H25FN4O2/c1-15-7-5-6-8-18(15)21(29)25-26-22(30)19-13-20(23(2,3)4)27-28(19)14-16-9-11-17(24)12-10-16/h5-13H,14H2,1-4H3,(H,25,29)(H,26,30). The summed E-state index contributed by atoms with van der Waals surface area (Å²) in [5.41, 5.74) is 7.78. The van der Waals surface area contributed by atoms with Crippen molar-refractivity contribution in [1.82, 2.24) is 20.6 Å². The second kappa shape index (κ2) is 8.49. The number of nitrogens with zero attached hydrogens (tertiary/aromatic N) is 2. The fraction of sp³-hybridized carbons (Fsp3) is 0.261. The third-order valence-electron chi connectivity index (χ3n) is 4.71. The Hall–Kier alpha value is -3.48. The lowest BCUT2D eigenvalue weighted by atomic mass is 9.92. The van der Waals surface area contributed by atoms with Crippen molar-refractivity contribution in [2.24, 2.45) is 0 Å². The van der Waals surface area contributed by atoms with E-state index in [1.807, 2.05) is 39.8 Å². The molecule has 0 bridgehead atoms. The lowest BCUT2D eigenvalue weighted by Crippen LogP contribution is -2.42. The highest BCUT2D eigenvalue weighted by atomic mass is 19.1. The molecule has 0 saturated carbocycles. The third kappa shape index (κ3) is 4.92. The van der Waals surface area contributed by atoms with Crippen LogP contribution >= 0.6 is 0 Å². The Morgan fingerprint density at radius 2 is 1.63 bits per heavy atom. The van der Waals surface area contributed by atoms with Gasteiger partial charge in [-0.15, -0.1) is 0 Å². The minimum absolute atomic E-state index is 0.270. The van der Waals surface area contributed by atoms with Crippen molar-refractivity contribution in [3.63, 3.8) is 0 Å². The number of amides is 2. The van der Waals surface area contributed by atoms with Gasteiger partial charge in [-0.05, 0) is 42.3 Å². The number of rotatable bonds is 4. The molecule has 0 atom stereocenters. The first-order valence-electron chi connectivity index (χ1n) is 9.64.